The van der Waals surface area contributed by atoms with E-state index in [4.69, 9.17) is 21.4 Å². The van der Waals surface area contributed by atoms with Crippen LogP contribution in [0, 0.1) is 13.8 Å². The number of carbonyl (C=O) groups excluding carboxylic acids is 1. The number of thiocarbonyl (C=S) groups is 1. The number of carboxylic acids is 1. The van der Waals surface area contributed by atoms with Crippen LogP contribution in [0.4, 0.5) is 11.4 Å². The molecule has 1 fully saturated rings. The molecule has 1 aliphatic rings. The van der Waals surface area contributed by atoms with Crippen LogP contribution >= 0.6 is 12.2 Å². The van der Waals surface area contributed by atoms with Gasteiger partial charge < -0.3 is 29.8 Å². The number of rotatable bonds is 8. The van der Waals surface area contributed by atoms with Crippen LogP contribution in [-0.4, -0.2) is 40.8 Å². The molecule has 2 aromatic carbocycles. The number of furan rings is 1. The molecule has 2 aromatic heterocycles. The summed E-state index contributed by atoms with van der Waals surface area (Å²) in [6.07, 6.45) is 1.74. The van der Waals surface area contributed by atoms with Gasteiger partial charge in [-0.05, 0) is 91.8 Å². The summed E-state index contributed by atoms with van der Waals surface area (Å²) in [6, 6.07) is 19.5. The van der Waals surface area contributed by atoms with E-state index in [0.29, 0.717) is 22.3 Å². The highest BCUT2D eigenvalue weighted by Crippen LogP contribution is 2.43. The second-order valence-corrected chi connectivity index (χ2v) is 9.90. The Morgan fingerprint density at radius 3 is 2.60 bits per heavy atom. The van der Waals surface area contributed by atoms with E-state index in [9.17, 15) is 14.7 Å². The average Bonchev–Trinajstić information content (AvgIpc) is 3.55. The van der Waals surface area contributed by atoms with E-state index in [2.05, 4.69) is 15.6 Å². The molecular weight excluding hydrogens is 528 g/mol. The molecule has 1 amide bonds. The van der Waals surface area contributed by atoms with Crippen molar-refractivity contribution in [2.24, 2.45) is 0 Å². The van der Waals surface area contributed by atoms with Gasteiger partial charge in [0, 0.05) is 30.2 Å². The summed E-state index contributed by atoms with van der Waals surface area (Å²) in [7, 11) is 1.47. The summed E-state index contributed by atoms with van der Waals surface area (Å²) in [5.74, 6) is 0.0672. The first-order valence-electron chi connectivity index (χ1n) is 12.6. The molecule has 0 spiro atoms. The fourth-order valence-electron chi connectivity index (χ4n) is 4.91. The summed E-state index contributed by atoms with van der Waals surface area (Å²) in [4.78, 5) is 30.0. The fraction of sp³-hybridized carbons (Fsp3) is 0.200. The van der Waals surface area contributed by atoms with Gasteiger partial charge in [0.1, 0.15) is 24.2 Å². The van der Waals surface area contributed by atoms with Gasteiger partial charge in [0.05, 0.1) is 17.3 Å². The number of hydrogen-bond acceptors (Lipinski definition) is 6. The molecule has 0 saturated carbocycles. The highest BCUT2D eigenvalue weighted by atomic mass is 32.1. The van der Waals surface area contributed by atoms with Crippen molar-refractivity contribution in [3.8, 4) is 11.3 Å². The molecule has 9 nitrogen and oxygen atoms in total. The lowest BCUT2D eigenvalue weighted by Crippen LogP contribution is -2.29. The Balaban J connectivity index is 1.54. The number of carbonyl (C=O) groups is 2. The number of nitrogens with one attached hydrogen (secondary N) is 2. The Morgan fingerprint density at radius 2 is 1.93 bits per heavy atom. The lowest BCUT2D eigenvalue weighted by molar-refractivity contribution is -0.119. The van der Waals surface area contributed by atoms with Gasteiger partial charge in [-0.2, -0.15) is 0 Å². The summed E-state index contributed by atoms with van der Waals surface area (Å²) in [5.41, 5.74) is 4.98. The number of hydrogen-bond donors (Lipinski definition) is 3. The second kappa shape index (κ2) is 11.3. The minimum atomic E-state index is -0.978. The maximum absolute atomic E-state index is 12.1. The number of pyridine rings is 1. The van der Waals surface area contributed by atoms with Crippen molar-refractivity contribution in [1.82, 2.24) is 10.3 Å². The molecule has 5 rings (SSSR count). The number of aromatic nitrogens is 1. The third-order valence-corrected chi connectivity index (χ3v) is 7.11. The van der Waals surface area contributed by atoms with Crippen molar-refractivity contribution >= 4 is 40.6 Å². The SMILES string of the molecule is COCC(=O)Nc1ccc(N2C(=S)N[C@@H](c3ccccn3)[C@@H]2c2ccc(-c3ccc(C(=O)O)cc3C)o2)cc1C. The van der Waals surface area contributed by atoms with E-state index in [0.717, 1.165) is 28.1 Å². The number of ether oxygens (including phenoxy) is 1. The molecular formula is C30H28N4O5S. The highest BCUT2D eigenvalue weighted by molar-refractivity contribution is 7.80. The molecule has 0 bridgehead atoms. The van der Waals surface area contributed by atoms with Gasteiger partial charge in [-0.15, -0.1) is 0 Å². The number of benzene rings is 2. The van der Waals surface area contributed by atoms with E-state index in [-0.39, 0.29) is 30.2 Å². The molecule has 0 unspecified atom stereocenters. The van der Waals surface area contributed by atoms with E-state index >= 15 is 0 Å². The smallest absolute Gasteiger partial charge is 0.335 e. The zero-order chi connectivity index (χ0) is 28.4. The van der Waals surface area contributed by atoms with Crippen LogP contribution in [0.15, 0.2) is 77.3 Å². The standard InChI is InChI=1S/C30H28N4O5S/c1-17-14-19(29(36)37)7-9-21(17)24-11-12-25(39-24)28-27(23-6-4-5-13-31-23)33-30(40)34(28)20-8-10-22(18(2)15-20)32-26(35)16-38-3/h4-15,27-28H,16H2,1-3H3,(H,32,35)(H,33,40)(H,36,37)/t27-,28-/m0/s1. The zero-order valence-electron chi connectivity index (χ0n) is 22.2. The van der Waals surface area contributed by atoms with E-state index in [1.54, 1.807) is 24.4 Å². The van der Waals surface area contributed by atoms with Gasteiger partial charge >= 0.3 is 5.97 Å². The molecule has 1 saturated heterocycles. The minimum Gasteiger partial charge on any atom is -0.478 e. The Kier molecular flexibility index (Phi) is 7.63. The van der Waals surface area contributed by atoms with Crippen LogP contribution in [0.25, 0.3) is 11.3 Å². The monoisotopic (exact) mass is 556 g/mol. The van der Waals surface area contributed by atoms with Crippen molar-refractivity contribution in [1.29, 1.82) is 0 Å². The zero-order valence-corrected chi connectivity index (χ0v) is 23.0. The van der Waals surface area contributed by atoms with Crippen LogP contribution in [0.5, 0.6) is 0 Å². The van der Waals surface area contributed by atoms with Crippen LogP contribution < -0.4 is 15.5 Å². The highest BCUT2D eigenvalue weighted by Gasteiger charge is 2.42. The summed E-state index contributed by atoms with van der Waals surface area (Å²) >= 11 is 5.82. The lowest BCUT2D eigenvalue weighted by atomic mass is 10.0. The van der Waals surface area contributed by atoms with Gasteiger partial charge in [0.2, 0.25) is 5.91 Å². The maximum atomic E-state index is 12.1. The molecule has 1 aliphatic heterocycles. The predicted molar refractivity (Wildman–Crippen MR) is 155 cm³/mol. The molecule has 2 atom stereocenters. The summed E-state index contributed by atoms with van der Waals surface area (Å²) < 4.78 is 11.4. The summed E-state index contributed by atoms with van der Waals surface area (Å²) in [6.45, 7) is 3.74. The lowest BCUT2D eigenvalue weighted by Gasteiger charge is -2.27. The van der Waals surface area contributed by atoms with Gasteiger partial charge in [0.15, 0.2) is 5.11 Å². The normalized spacial score (nSPS) is 16.6. The first-order valence-corrected chi connectivity index (χ1v) is 13.0. The Morgan fingerprint density at radius 1 is 1.10 bits per heavy atom. The molecule has 204 valence electrons. The van der Waals surface area contributed by atoms with Crippen molar-refractivity contribution in [2.75, 3.05) is 23.9 Å². The van der Waals surface area contributed by atoms with E-state index in [1.165, 1.54) is 7.11 Å². The number of amides is 1. The summed E-state index contributed by atoms with van der Waals surface area (Å²) in [5, 5.41) is 16.1. The number of methoxy groups -OCH3 is 1. The third kappa shape index (κ3) is 5.31. The number of aryl methyl sites for hydroxylation is 2. The fourth-order valence-corrected chi connectivity index (χ4v) is 5.25. The van der Waals surface area contributed by atoms with Gasteiger partial charge in [0.25, 0.3) is 0 Å². The predicted octanol–water partition coefficient (Wildman–Crippen LogP) is 5.42. The van der Waals surface area contributed by atoms with Gasteiger partial charge in [-0.1, -0.05) is 12.1 Å². The quantitative estimate of drug-likeness (QED) is 0.245. The first-order chi connectivity index (χ1) is 19.3. The van der Waals surface area contributed by atoms with Crippen LogP contribution in [-0.2, 0) is 9.53 Å². The number of nitrogens with zero attached hydrogens (tertiary/aromatic N) is 2. The number of carboxylic acid groups (broad SMARTS) is 1. The van der Waals surface area contributed by atoms with Crippen LogP contribution in [0.2, 0.25) is 0 Å². The van der Waals surface area contributed by atoms with E-state index in [1.807, 2.05) is 67.3 Å². The topological polar surface area (TPSA) is 117 Å². The maximum Gasteiger partial charge on any atom is 0.335 e. The molecule has 3 heterocycles. The number of aromatic carboxylic acids is 1. The third-order valence-electron chi connectivity index (χ3n) is 6.79. The number of anilines is 2. The van der Waals surface area contributed by atoms with Crippen LogP contribution in [0.3, 0.4) is 0 Å². The molecule has 4 aromatic rings. The minimum absolute atomic E-state index is 0.0332. The largest absolute Gasteiger partial charge is 0.478 e. The van der Waals surface area contributed by atoms with Gasteiger partial charge in [-0.3, -0.25) is 9.78 Å². The van der Waals surface area contributed by atoms with Crippen molar-refractivity contribution in [3.05, 3.63) is 101 Å². The van der Waals surface area contributed by atoms with Crippen LogP contribution in [0.1, 0.15) is 45.0 Å². The molecule has 0 radical (unpaired) electrons. The van der Waals surface area contributed by atoms with Crippen molar-refractivity contribution in [2.45, 2.75) is 25.9 Å². The molecule has 0 aliphatic carbocycles. The Bertz CT molecular complexity index is 1590. The molecule has 10 heteroatoms. The van der Waals surface area contributed by atoms with Gasteiger partial charge in [-0.25, -0.2) is 4.79 Å². The Hall–Kier alpha value is -4.54. The van der Waals surface area contributed by atoms with Crippen molar-refractivity contribution < 1.29 is 23.8 Å². The first kappa shape index (κ1) is 27.0. The average molecular weight is 557 g/mol. The molecule has 40 heavy (non-hydrogen) atoms. The second-order valence-electron chi connectivity index (χ2n) is 9.51. The molecule has 3 N–H and O–H groups in total. The van der Waals surface area contributed by atoms with Crippen molar-refractivity contribution in [3.63, 3.8) is 0 Å². The van der Waals surface area contributed by atoms with E-state index < -0.39 is 5.97 Å². The Labute approximate surface area is 236 Å².